The number of aryl methyl sites for hydroxylation is 2. The van der Waals surface area contributed by atoms with E-state index in [1.807, 2.05) is 11.0 Å². The van der Waals surface area contributed by atoms with Crippen molar-refractivity contribution in [2.75, 3.05) is 6.54 Å². The van der Waals surface area contributed by atoms with Gasteiger partial charge in [0.15, 0.2) is 5.69 Å². The van der Waals surface area contributed by atoms with Gasteiger partial charge in [-0.3, -0.25) is 4.79 Å². The third-order valence-electron chi connectivity index (χ3n) is 5.64. The number of hydrogen-bond donors (Lipinski definition) is 1. The molecule has 3 aromatic rings. The van der Waals surface area contributed by atoms with Crippen molar-refractivity contribution in [3.8, 4) is 0 Å². The largest absolute Gasteiger partial charge is 0.360 e. The summed E-state index contributed by atoms with van der Waals surface area (Å²) in [5, 5.41) is 4.13. The first-order valence-corrected chi connectivity index (χ1v) is 9.45. The molecule has 1 aliphatic heterocycles. The number of carbonyl (C=O) groups excluding carboxylic acids is 1. The summed E-state index contributed by atoms with van der Waals surface area (Å²) < 4.78 is 5.45. The highest BCUT2D eigenvalue weighted by Gasteiger charge is 2.36. The Morgan fingerprint density at radius 1 is 1.27 bits per heavy atom. The molecule has 134 valence electrons. The molecule has 0 spiro atoms. The number of amides is 1. The minimum atomic E-state index is -0.0221. The van der Waals surface area contributed by atoms with Crippen LogP contribution in [0.3, 0.4) is 0 Å². The van der Waals surface area contributed by atoms with E-state index in [9.17, 15) is 4.79 Å². The molecule has 1 aromatic carbocycles. The molecule has 0 saturated carbocycles. The highest BCUT2D eigenvalue weighted by atomic mass is 16.5. The second-order valence-electron chi connectivity index (χ2n) is 7.44. The molecule has 1 aliphatic carbocycles. The number of H-pyrrole nitrogens is 1. The third-order valence-corrected chi connectivity index (χ3v) is 5.64. The zero-order chi connectivity index (χ0) is 17.7. The van der Waals surface area contributed by atoms with Gasteiger partial charge >= 0.3 is 0 Å². The van der Waals surface area contributed by atoms with E-state index >= 15 is 0 Å². The van der Waals surface area contributed by atoms with Gasteiger partial charge in [0.1, 0.15) is 11.6 Å². The number of rotatable bonds is 2. The average molecular weight is 350 g/mol. The van der Waals surface area contributed by atoms with E-state index < -0.39 is 0 Å². The van der Waals surface area contributed by atoms with E-state index in [0.717, 1.165) is 73.3 Å². The fourth-order valence-electron chi connectivity index (χ4n) is 4.28. The Morgan fingerprint density at radius 2 is 2.15 bits per heavy atom. The summed E-state index contributed by atoms with van der Waals surface area (Å²) in [5.74, 6) is 1.75. The molecule has 1 fully saturated rings. The lowest BCUT2D eigenvalue weighted by molar-refractivity contribution is 0.0719. The molecule has 1 N–H and O–H groups in total. The lowest BCUT2D eigenvalue weighted by Gasteiger charge is -2.22. The van der Waals surface area contributed by atoms with Gasteiger partial charge in [-0.1, -0.05) is 11.2 Å². The van der Waals surface area contributed by atoms with Crippen molar-refractivity contribution in [1.82, 2.24) is 20.0 Å². The summed E-state index contributed by atoms with van der Waals surface area (Å²) in [6.07, 6.45) is 5.89. The second kappa shape index (κ2) is 5.97. The number of aromatic nitrogens is 3. The fourth-order valence-corrected chi connectivity index (χ4v) is 4.28. The number of likely N-dealkylation sites (tertiary alicyclic amines) is 1. The molecule has 0 radical (unpaired) electrons. The maximum atomic E-state index is 13.2. The number of carbonyl (C=O) groups is 1. The van der Waals surface area contributed by atoms with Gasteiger partial charge < -0.3 is 14.4 Å². The molecule has 0 unspecified atom stereocenters. The molecule has 1 saturated heterocycles. The predicted octanol–water partition coefficient (Wildman–Crippen LogP) is 3.72. The number of aromatic amines is 1. The van der Waals surface area contributed by atoms with Crippen LogP contribution in [0.15, 0.2) is 22.7 Å². The molecule has 2 aromatic heterocycles. The quantitative estimate of drug-likeness (QED) is 0.764. The van der Waals surface area contributed by atoms with Crippen LogP contribution in [0.25, 0.3) is 11.0 Å². The van der Waals surface area contributed by atoms with Crippen molar-refractivity contribution in [2.45, 2.75) is 51.5 Å². The van der Waals surface area contributed by atoms with Crippen LogP contribution in [-0.2, 0) is 12.8 Å². The lowest BCUT2D eigenvalue weighted by atomic mass is 9.96. The lowest BCUT2D eigenvalue weighted by Crippen LogP contribution is -2.32. The Bertz CT molecular complexity index is 987. The number of imidazole rings is 1. The Kier molecular flexibility index (Phi) is 3.58. The van der Waals surface area contributed by atoms with Crippen molar-refractivity contribution < 1.29 is 9.32 Å². The first kappa shape index (κ1) is 15.6. The van der Waals surface area contributed by atoms with Crippen LogP contribution < -0.4 is 0 Å². The molecule has 26 heavy (non-hydrogen) atoms. The van der Waals surface area contributed by atoms with E-state index in [4.69, 9.17) is 9.51 Å². The normalized spacial score (nSPS) is 19.9. The average Bonchev–Trinajstić information content (AvgIpc) is 3.37. The van der Waals surface area contributed by atoms with Crippen LogP contribution in [0.2, 0.25) is 0 Å². The van der Waals surface area contributed by atoms with Crippen LogP contribution in [0, 0.1) is 6.92 Å². The van der Waals surface area contributed by atoms with Crippen molar-refractivity contribution >= 4 is 16.9 Å². The van der Waals surface area contributed by atoms with Crippen LogP contribution in [-0.4, -0.2) is 32.5 Å². The standard InChI is InChI=1S/C20H22N4O2/c1-12-8-9-14-15(11-12)22-19(21-14)16-6-4-10-24(16)20(25)18-13-5-2-3-7-17(13)26-23-18/h8-9,11,16H,2-7,10H2,1H3,(H,21,22)/t16-/m1/s1. The maximum Gasteiger partial charge on any atom is 0.276 e. The summed E-state index contributed by atoms with van der Waals surface area (Å²) in [4.78, 5) is 23.3. The van der Waals surface area contributed by atoms with E-state index in [0.29, 0.717) is 5.69 Å². The highest BCUT2D eigenvalue weighted by molar-refractivity contribution is 5.94. The first-order chi connectivity index (χ1) is 12.7. The minimum absolute atomic E-state index is 0.0176. The molecular formula is C20H22N4O2. The number of fused-ring (bicyclic) bond motifs is 2. The summed E-state index contributed by atoms with van der Waals surface area (Å²) in [5.41, 5.74) is 4.70. The molecule has 3 heterocycles. The summed E-state index contributed by atoms with van der Waals surface area (Å²) in [6.45, 7) is 2.81. The molecular weight excluding hydrogens is 328 g/mol. The monoisotopic (exact) mass is 350 g/mol. The molecule has 5 rings (SSSR count). The van der Waals surface area contributed by atoms with Crippen molar-refractivity contribution in [2.24, 2.45) is 0 Å². The van der Waals surface area contributed by atoms with Crippen LogP contribution >= 0.6 is 0 Å². The highest BCUT2D eigenvalue weighted by Crippen LogP contribution is 2.34. The van der Waals surface area contributed by atoms with E-state index in [-0.39, 0.29) is 11.9 Å². The van der Waals surface area contributed by atoms with Gasteiger partial charge in [-0.2, -0.15) is 0 Å². The van der Waals surface area contributed by atoms with Gasteiger partial charge in [-0.15, -0.1) is 0 Å². The predicted molar refractivity (Wildman–Crippen MR) is 97.0 cm³/mol. The molecule has 2 aliphatic rings. The molecule has 1 amide bonds. The number of nitrogens with zero attached hydrogens (tertiary/aromatic N) is 3. The Hall–Kier alpha value is -2.63. The number of nitrogens with one attached hydrogen (secondary N) is 1. The summed E-state index contributed by atoms with van der Waals surface area (Å²) >= 11 is 0. The molecule has 6 heteroatoms. The van der Waals surface area contributed by atoms with Gasteiger partial charge in [-0.05, 0) is 56.7 Å². The van der Waals surface area contributed by atoms with Crippen LogP contribution in [0.4, 0.5) is 0 Å². The Morgan fingerprint density at radius 3 is 3.08 bits per heavy atom. The van der Waals surface area contributed by atoms with Gasteiger partial charge in [0, 0.05) is 18.5 Å². The SMILES string of the molecule is Cc1ccc2nc([C@H]3CCCN3C(=O)c3noc4c3CCCC4)[nH]c2c1. The molecule has 0 bridgehead atoms. The second-order valence-corrected chi connectivity index (χ2v) is 7.44. The van der Waals surface area contributed by atoms with Crippen molar-refractivity contribution in [3.63, 3.8) is 0 Å². The zero-order valence-corrected chi connectivity index (χ0v) is 14.9. The first-order valence-electron chi connectivity index (χ1n) is 9.45. The number of hydrogen-bond acceptors (Lipinski definition) is 4. The molecule has 1 atom stereocenters. The fraction of sp³-hybridized carbons (Fsp3) is 0.450. The topological polar surface area (TPSA) is 75.0 Å². The van der Waals surface area contributed by atoms with Crippen LogP contribution in [0.1, 0.15) is 64.9 Å². The van der Waals surface area contributed by atoms with Gasteiger partial charge in [-0.25, -0.2) is 4.98 Å². The molecule has 6 nitrogen and oxygen atoms in total. The zero-order valence-electron chi connectivity index (χ0n) is 14.9. The van der Waals surface area contributed by atoms with Gasteiger partial charge in [0.2, 0.25) is 0 Å². The maximum absolute atomic E-state index is 13.2. The Balaban J connectivity index is 1.48. The van der Waals surface area contributed by atoms with Crippen molar-refractivity contribution in [1.29, 1.82) is 0 Å². The van der Waals surface area contributed by atoms with E-state index in [1.54, 1.807) is 0 Å². The summed E-state index contributed by atoms with van der Waals surface area (Å²) in [7, 11) is 0. The van der Waals surface area contributed by atoms with E-state index in [1.165, 1.54) is 5.56 Å². The minimum Gasteiger partial charge on any atom is -0.360 e. The van der Waals surface area contributed by atoms with Gasteiger partial charge in [0.25, 0.3) is 5.91 Å². The van der Waals surface area contributed by atoms with Gasteiger partial charge in [0.05, 0.1) is 17.1 Å². The van der Waals surface area contributed by atoms with Crippen LogP contribution in [0.5, 0.6) is 0 Å². The Labute approximate surface area is 151 Å². The van der Waals surface area contributed by atoms with Crippen molar-refractivity contribution in [3.05, 3.63) is 46.6 Å². The smallest absolute Gasteiger partial charge is 0.276 e. The summed E-state index contributed by atoms with van der Waals surface area (Å²) in [6, 6.07) is 6.17. The third kappa shape index (κ3) is 2.43. The number of benzene rings is 1. The van der Waals surface area contributed by atoms with E-state index in [2.05, 4.69) is 29.2 Å².